The Morgan fingerprint density at radius 2 is 2.06 bits per heavy atom. The van der Waals surface area contributed by atoms with E-state index in [2.05, 4.69) is 10.6 Å². The van der Waals surface area contributed by atoms with Crippen LogP contribution in [0, 0.1) is 13.8 Å². The van der Waals surface area contributed by atoms with Crippen molar-refractivity contribution >= 4 is 17.8 Å². The Balaban J connectivity index is 1.56. The molecule has 0 fully saturated rings. The molecule has 162 valence electrons. The molecular weight excluding hydrogens is 396 g/mol. The maximum absolute atomic E-state index is 13.3. The Kier molecular flexibility index (Phi) is 5.54. The Morgan fingerprint density at radius 1 is 1.26 bits per heavy atom. The van der Waals surface area contributed by atoms with Crippen LogP contribution in [0.1, 0.15) is 35.4 Å². The number of carbonyl (C=O) groups excluding carboxylic acids is 3. The number of nitrogens with zero attached hydrogens (tertiary/aromatic N) is 2. The third kappa shape index (κ3) is 3.93. The lowest BCUT2D eigenvalue weighted by molar-refractivity contribution is -0.132. The number of aryl methyl sites for hydroxylation is 2. The predicted octanol–water partition coefficient (Wildman–Crippen LogP) is 2.40. The number of likely N-dealkylation sites (N-methyl/N-ethyl adjacent to an activating group) is 1. The van der Waals surface area contributed by atoms with Crippen LogP contribution in [0.5, 0.6) is 0 Å². The summed E-state index contributed by atoms with van der Waals surface area (Å²) in [5.41, 5.74) is 4.21. The van der Waals surface area contributed by atoms with E-state index in [4.69, 9.17) is 4.42 Å². The van der Waals surface area contributed by atoms with Gasteiger partial charge in [0.25, 0.3) is 5.91 Å². The van der Waals surface area contributed by atoms with Crippen molar-refractivity contribution in [3.05, 3.63) is 70.3 Å². The lowest BCUT2D eigenvalue weighted by Crippen LogP contribution is -2.47. The molecule has 0 aliphatic carbocycles. The number of hydrogen-bond acceptors (Lipinski definition) is 4. The minimum absolute atomic E-state index is 0.0854. The van der Waals surface area contributed by atoms with Gasteiger partial charge in [0.15, 0.2) is 0 Å². The lowest BCUT2D eigenvalue weighted by atomic mass is 9.91. The fourth-order valence-electron chi connectivity index (χ4n) is 4.22. The number of urea groups is 1. The maximum Gasteiger partial charge on any atom is 0.322 e. The van der Waals surface area contributed by atoms with Gasteiger partial charge in [-0.1, -0.05) is 23.8 Å². The molecule has 2 N–H and O–H groups in total. The van der Waals surface area contributed by atoms with Crippen molar-refractivity contribution in [1.82, 2.24) is 20.4 Å². The molecule has 0 bridgehead atoms. The molecule has 0 saturated carbocycles. The molecule has 4 rings (SSSR count). The first-order chi connectivity index (χ1) is 14.9. The molecule has 1 atom stereocenters. The largest absolute Gasteiger partial charge is 0.467 e. The molecule has 2 aliphatic rings. The molecule has 0 radical (unpaired) electrons. The molecular formula is C23H26N4O4. The van der Waals surface area contributed by atoms with E-state index in [1.807, 2.05) is 39.0 Å². The lowest BCUT2D eigenvalue weighted by Gasteiger charge is -2.33. The SMILES string of the molecule is CCN1C(=O)N[C@@H](c2ccc(C)cc2C)C2=C1CN(CC(=O)NCc1ccco1)C2=O. The van der Waals surface area contributed by atoms with Crippen molar-refractivity contribution in [2.75, 3.05) is 19.6 Å². The minimum Gasteiger partial charge on any atom is -0.467 e. The van der Waals surface area contributed by atoms with Crippen LogP contribution >= 0.6 is 0 Å². The summed E-state index contributed by atoms with van der Waals surface area (Å²) < 4.78 is 5.22. The highest BCUT2D eigenvalue weighted by molar-refractivity contribution is 6.03. The maximum atomic E-state index is 13.3. The molecule has 1 aromatic carbocycles. The van der Waals surface area contributed by atoms with Crippen molar-refractivity contribution < 1.29 is 18.8 Å². The number of carbonyl (C=O) groups is 3. The highest BCUT2D eigenvalue weighted by Crippen LogP contribution is 2.37. The van der Waals surface area contributed by atoms with E-state index in [-0.39, 0.29) is 37.5 Å². The molecule has 4 amide bonds. The van der Waals surface area contributed by atoms with E-state index in [1.54, 1.807) is 23.3 Å². The van der Waals surface area contributed by atoms with E-state index in [0.29, 0.717) is 23.6 Å². The van der Waals surface area contributed by atoms with Crippen LogP contribution in [0.3, 0.4) is 0 Å². The van der Waals surface area contributed by atoms with Crippen molar-refractivity contribution in [2.24, 2.45) is 0 Å². The molecule has 8 heteroatoms. The molecule has 8 nitrogen and oxygen atoms in total. The summed E-state index contributed by atoms with van der Waals surface area (Å²) in [7, 11) is 0. The predicted molar refractivity (Wildman–Crippen MR) is 114 cm³/mol. The average molecular weight is 422 g/mol. The van der Waals surface area contributed by atoms with Gasteiger partial charge in [0.2, 0.25) is 5.91 Å². The summed E-state index contributed by atoms with van der Waals surface area (Å²) in [6.07, 6.45) is 1.54. The molecule has 0 unspecified atom stereocenters. The first-order valence-corrected chi connectivity index (χ1v) is 10.4. The number of hydrogen-bond donors (Lipinski definition) is 2. The van der Waals surface area contributed by atoms with Crippen LogP contribution in [-0.2, 0) is 16.1 Å². The first-order valence-electron chi connectivity index (χ1n) is 10.4. The van der Waals surface area contributed by atoms with Gasteiger partial charge in [-0.2, -0.15) is 0 Å². The van der Waals surface area contributed by atoms with Gasteiger partial charge in [-0.3, -0.25) is 14.5 Å². The van der Waals surface area contributed by atoms with Crippen LogP contribution in [0.15, 0.2) is 52.3 Å². The average Bonchev–Trinajstić information content (AvgIpc) is 3.35. The second-order valence-electron chi connectivity index (χ2n) is 7.86. The van der Waals surface area contributed by atoms with Gasteiger partial charge >= 0.3 is 6.03 Å². The molecule has 0 spiro atoms. The Labute approximate surface area is 180 Å². The summed E-state index contributed by atoms with van der Waals surface area (Å²) in [6.45, 7) is 6.68. The summed E-state index contributed by atoms with van der Waals surface area (Å²) in [5.74, 6) is 0.127. The number of amides is 4. The fourth-order valence-corrected chi connectivity index (χ4v) is 4.22. The Hall–Kier alpha value is -3.55. The second kappa shape index (κ2) is 8.29. The quantitative estimate of drug-likeness (QED) is 0.747. The van der Waals surface area contributed by atoms with Gasteiger partial charge < -0.3 is 20.0 Å². The Morgan fingerprint density at radius 3 is 2.74 bits per heavy atom. The highest BCUT2D eigenvalue weighted by atomic mass is 16.3. The number of rotatable bonds is 6. The zero-order chi connectivity index (χ0) is 22.1. The first kappa shape index (κ1) is 20.7. The van der Waals surface area contributed by atoms with Crippen LogP contribution in [0.25, 0.3) is 0 Å². The summed E-state index contributed by atoms with van der Waals surface area (Å²) >= 11 is 0. The molecule has 31 heavy (non-hydrogen) atoms. The Bertz CT molecular complexity index is 1060. The van der Waals surface area contributed by atoms with Crippen molar-refractivity contribution in [3.8, 4) is 0 Å². The van der Waals surface area contributed by atoms with Gasteiger partial charge in [-0.15, -0.1) is 0 Å². The zero-order valence-electron chi connectivity index (χ0n) is 17.9. The normalized spacial score (nSPS) is 18.4. The van der Waals surface area contributed by atoms with Crippen LogP contribution in [0.4, 0.5) is 4.79 Å². The monoisotopic (exact) mass is 422 g/mol. The second-order valence-corrected chi connectivity index (χ2v) is 7.86. The van der Waals surface area contributed by atoms with Crippen LogP contribution in [-0.4, -0.2) is 47.3 Å². The van der Waals surface area contributed by atoms with Crippen molar-refractivity contribution in [1.29, 1.82) is 0 Å². The molecule has 0 saturated heterocycles. The van der Waals surface area contributed by atoms with E-state index < -0.39 is 6.04 Å². The van der Waals surface area contributed by atoms with Crippen molar-refractivity contribution in [2.45, 2.75) is 33.4 Å². The van der Waals surface area contributed by atoms with E-state index in [1.165, 1.54) is 4.90 Å². The summed E-state index contributed by atoms with van der Waals surface area (Å²) in [4.78, 5) is 41.6. The topological polar surface area (TPSA) is 94.9 Å². The van der Waals surface area contributed by atoms with E-state index >= 15 is 0 Å². The van der Waals surface area contributed by atoms with Gasteiger partial charge in [-0.25, -0.2) is 4.79 Å². The number of benzene rings is 1. The molecule has 2 aromatic rings. The van der Waals surface area contributed by atoms with Gasteiger partial charge in [-0.05, 0) is 44.0 Å². The molecule has 1 aromatic heterocycles. The fraction of sp³-hybridized carbons (Fsp3) is 0.348. The minimum atomic E-state index is -0.533. The third-order valence-corrected chi connectivity index (χ3v) is 5.72. The van der Waals surface area contributed by atoms with Crippen molar-refractivity contribution in [3.63, 3.8) is 0 Å². The van der Waals surface area contributed by atoms with Crippen LogP contribution in [0.2, 0.25) is 0 Å². The molecule has 3 heterocycles. The number of nitrogens with one attached hydrogen (secondary N) is 2. The van der Waals surface area contributed by atoms with Crippen LogP contribution < -0.4 is 10.6 Å². The summed E-state index contributed by atoms with van der Waals surface area (Å²) in [5, 5.41) is 5.75. The summed E-state index contributed by atoms with van der Waals surface area (Å²) in [6, 6.07) is 8.71. The zero-order valence-corrected chi connectivity index (χ0v) is 17.9. The van der Waals surface area contributed by atoms with E-state index in [9.17, 15) is 14.4 Å². The third-order valence-electron chi connectivity index (χ3n) is 5.72. The van der Waals surface area contributed by atoms with Gasteiger partial charge in [0.05, 0.1) is 36.7 Å². The standard InChI is InChI=1S/C23H26N4O4/c1-4-27-18-12-26(13-19(28)24-11-16-6-5-9-31-16)22(29)20(18)21(25-23(27)30)17-8-7-14(2)10-15(17)3/h5-10,21H,4,11-13H2,1-3H3,(H,24,28)(H,25,30)/t21-/m0/s1. The van der Waals surface area contributed by atoms with Gasteiger partial charge in [0, 0.05) is 6.54 Å². The molecule has 2 aliphatic heterocycles. The van der Waals surface area contributed by atoms with E-state index in [0.717, 1.165) is 16.7 Å². The number of furan rings is 1. The van der Waals surface area contributed by atoms with Gasteiger partial charge in [0.1, 0.15) is 12.3 Å². The smallest absolute Gasteiger partial charge is 0.322 e. The highest BCUT2D eigenvalue weighted by Gasteiger charge is 2.44.